The van der Waals surface area contributed by atoms with Gasteiger partial charge >= 0.3 is 0 Å². The number of nitrogens with zero attached hydrogens (tertiary/aromatic N) is 1. The third-order valence-corrected chi connectivity index (χ3v) is 2.45. The van der Waals surface area contributed by atoms with Gasteiger partial charge in [-0.3, -0.25) is 4.79 Å². The molecule has 0 aromatic heterocycles. The molecule has 0 N–H and O–H groups in total. The fourth-order valence-electron chi connectivity index (χ4n) is 1.39. The highest BCUT2D eigenvalue weighted by Crippen LogP contribution is 2.14. The standard InChI is InChI=1S/C11H10ClNO3/c12-7-8-3-1-2-4-9(8)10(14)11-13-16-6-5-15-11/h1-4H,5-7H2. The molecule has 1 aliphatic heterocycles. The summed E-state index contributed by atoms with van der Waals surface area (Å²) in [5.74, 6) is -0.0319. The molecule has 0 fully saturated rings. The van der Waals surface area contributed by atoms with Crippen molar-refractivity contribution in [1.29, 1.82) is 0 Å². The lowest BCUT2D eigenvalue weighted by molar-refractivity contribution is 0.0585. The number of rotatable bonds is 3. The lowest BCUT2D eigenvalue weighted by Gasteiger charge is -2.13. The van der Waals surface area contributed by atoms with E-state index in [-0.39, 0.29) is 17.6 Å². The summed E-state index contributed by atoms with van der Waals surface area (Å²) < 4.78 is 5.13. The van der Waals surface area contributed by atoms with Gasteiger partial charge in [-0.1, -0.05) is 24.3 Å². The molecule has 1 aromatic rings. The Kier molecular flexibility index (Phi) is 3.41. The van der Waals surface area contributed by atoms with Crippen LogP contribution in [0.2, 0.25) is 0 Å². The predicted molar refractivity (Wildman–Crippen MR) is 59.7 cm³/mol. The maximum atomic E-state index is 12.0. The molecule has 0 aliphatic carbocycles. The van der Waals surface area contributed by atoms with Crippen molar-refractivity contribution in [2.75, 3.05) is 13.2 Å². The van der Waals surface area contributed by atoms with Crippen LogP contribution in [0, 0.1) is 0 Å². The molecular formula is C11H10ClNO3. The summed E-state index contributed by atoms with van der Waals surface area (Å²) in [6, 6.07) is 7.09. The number of benzene rings is 1. The fourth-order valence-corrected chi connectivity index (χ4v) is 1.62. The Labute approximate surface area is 97.8 Å². The van der Waals surface area contributed by atoms with E-state index in [9.17, 15) is 4.79 Å². The first-order valence-electron chi connectivity index (χ1n) is 4.84. The normalized spacial score (nSPS) is 14.7. The number of Topliss-reactive ketones (excluding diaryl/α,β-unsaturated/α-hetero) is 1. The van der Waals surface area contributed by atoms with Crippen LogP contribution in [0.25, 0.3) is 0 Å². The van der Waals surface area contributed by atoms with Gasteiger partial charge in [-0.2, -0.15) is 0 Å². The summed E-state index contributed by atoms with van der Waals surface area (Å²) in [4.78, 5) is 16.8. The van der Waals surface area contributed by atoms with E-state index in [0.29, 0.717) is 18.8 Å². The molecule has 0 amide bonds. The first-order valence-corrected chi connectivity index (χ1v) is 5.37. The SMILES string of the molecule is O=C(C1=NOCCO1)c1ccccc1CCl. The zero-order chi connectivity index (χ0) is 11.4. The molecule has 0 atom stereocenters. The molecule has 0 saturated heterocycles. The summed E-state index contributed by atoms with van der Waals surface area (Å²) in [7, 11) is 0. The van der Waals surface area contributed by atoms with Crippen LogP contribution >= 0.6 is 11.6 Å². The number of oxime groups is 1. The lowest BCUT2D eigenvalue weighted by atomic mass is 10.0. The van der Waals surface area contributed by atoms with Crippen molar-refractivity contribution in [3.63, 3.8) is 0 Å². The molecule has 2 rings (SSSR count). The smallest absolute Gasteiger partial charge is 0.299 e. The van der Waals surface area contributed by atoms with Gasteiger partial charge in [-0.05, 0) is 10.7 Å². The van der Waals surface area contributed by atoms with E-state index in [2.05, 4.69) is 5.16 Å². The molecule has 0 radical (unpaired) electrons. The van der Waals surface area contributed by atoms with E-state index in [1.807, 2.05) is 6.07 Å². The van der Waals surface area contributed by atoms with Crippen LogP contribution in [0.1, 0.15) is 15.9 Å². The van der Waals surface area contributed by atoms with Gasteiger partial charge in [0.05, 0.1) is 0 Å². The number of alkyl halides is 1. The molecule has 0 bridgehead atoms. The minimum Gasteiger partial charge on any atom is -0.469 e. The molecule has 1 aliphatic rings. The average molecular weight is 240 g/mol. The van der Waals surface area contributed by atoms with Crippen molar-refractivity contribution < 1.29 is 14.4 Å². The molecule has 84 valence electrons. The van der Waals surface area contributed by atoms with Crippen molar-refractivity contribution in [2.24, 2.45) is 5.16 Å². The maximum Gasteiger partial charge on any atom is 0.299 e. The molecular weight excluding hydrogens is 230 g/mol. The van der Waals surface area contributed by atoms with Crippen LogP contribution in [-0.2, 0) is 15.5 Å². The van der Waals surface area contributed by atoms with Crippen LogP contribution in [-0.4, -0.2) is 24.9 Å². The first-order chi connectivity index (χ1) is 7.83. The largest absolute Gasteiger partial charge is 0.469 e. The van der Waals surface area contributed by atoms with Crippen molar-refractivity contribution in [1.82, 2.24) is 0 Å². The molecule has 5 heteroatoms. The van der Waals surface area contributed by atoms with Crippen molar-refractivity contribution >= 4 is 23.3 Å². The number of ketones is 1. The van der Waals surface area contributed by atoms with Gasteiger partial charge in [0.25, 0.3) is 11.7 Å². The minimum absolute atomic E-state index is 0.0104. The molecule has 0 saturated carbocycles. The number of carbonyl (C=O) groups is 1. The van der Waals surface area contributed by atoms with Crippen molar-refractivity contribution in [3.05, 3.63) is 35.4 Å². The Morgan fingerprint density at radius 2 is 2.19 bits per heavy atom. The first kappa shape index (κ1) is 11.0. The molecule has 4 nitrogen and oxygen atoms in total. The Bertz CT molecular complexity index is 431. The Balaban J connectivity index is 2.29. The molecule has 16 heavy (non-hydrogen) atoms. The predicted octanol–water partition coefficient (Wildman–Crippen LogP) is 1.97. The monoisotopic (exact) mass is 239 g/mol. The topological polar surface area (TPSA) is 47.9 Å². The Morgan fingerprint density at radius 1 is 1.38 bits per heavy atom. The van der Waals surface area contributed by atoms with Gasteiger partial charge in [0.2, 0.25) is 0 Å². The number of halogens is 1. The summed E-state index contributed by atoms with van der Waals surface area (Å²) in [5, 5.41) is 3.58. The Morgan fingerprint density at radius 3 is 2.88 bits per heavy atom. The fraction of sp³-hybridized carbons (Fsp3) is 0.273. The van der Waals surface area contributed by atoms with Crippen LogP contribution in [0.15, 0.2) is 29.4 Å². The van der Waals surface area contributed by atoms with E-state index in [0.717, 1.165) is 5.56 Å². The number of carbonyl (C=O) groups excluding carboxylic acids is 1. The van der Waals surface area contributed by atoms with E-state index >= 15 is 0 Å². The summed E-state index contributed by atoms with van der Waals surface area (Å²) in [5.41, 5.74) is 1.26. The third kappa shape index (κ3) is 2.17. The quantitative estimate of drug-likeness (QED) is 0.599. The maximum absolute atomic E-state index is 12.0. The Hall–Kier alpha value is -1.55. The molecule has 0 spiro atoms. The molecule has 1 aromatic carbocycles. The van der Waals surface area contributed by atoms with Gasteiger partial charge in [-0.25, -0.2) is 0 Å². The highest BCUT2D eigenvalue weighted by atomic mass is 35.5. The number of hydrogen-bond acceptors (Lipinski definition) is 4. The second-order valence-electron chi connectivity index (χ2n) is 3.20. The van der Waals surface area contributed by atoms with Gasteiger partial charge in [-0.15, -0.1) is 11.6 Å². The van der Waals surface area contributed by atoms with E-state index < -0.39 is 0 Å². The summed E-state index contributed by atoms with van der Waals surface area (Å²) in [6.45, 7) is 0.710. The molecule has 1 heterocycles. The van der Waals surface area contributed by atoms with E-state index in [1.165, 1.54) is 0 Å². The second-order valence-corrected chi connectivity index (χ2v) is 3.47. The zero-order valence-corrected chi connectivity index (χ0v) is 9.24. The van der Waals surface area contributed by atoms with E-state index in [1.54, 1.807) is 18.2 Å². The van der Waals surface area contributed by atoms with Gasteiger partial charge in [0.15, 0.2) is 6.61 Å². The van der Waals surface area contributed by atoms with Gasteiger partial charge in [0, 0.05) is 11.4 Å². The number of hydrogen-bond donors (Lipinski definition) is 0. The van der Waals surface area contributed by atoms with Crippen LogP contribution in [0.5, 0.6) is 0 Å². The van der Waals surface area contributed by atoms with Crippen LogP contribution in [0.3, 0.4) is 0 Å². The van der Waals surface area contributed by atoms with E-state index in [4.69, 9.17) is 21.2 Å². The minimum atomic E-state index is -0.295. The third-order valence-electron chi connectivity index (χ3n) is 2.16. The van der Waals surface area contributed by atoms with Gasteiger partial charge < -0.3 is 9.57 Å². The van der Waals surface area contributed by atoms with Gasteiger partial charge in [0.1, 0.15) is 6.61 Å². The zero-order valence-electron chi connectivity index (χ0n) is 8.48. The average Bonchev–Trinajstić information content (AvgIpc) is 2.39. The van der Waals surface area contributed by atoms with Crippen LogP contribution in [0.4, 0.5) is 0 Å². The van der Waals surface area contributed by atoms with Crippen LogP contribution < -0.4 is 0 Å². The summed E-state index contributed by atoms with van der Waals surface area (Å²) in [6.07, 6.45) is 0. The second kappa shape index (κ2) is 4.99. The number of ether oxygens (including phenoxy) is 1. The highest BCUT2D eigenvalue weighted by molar-refractivity contribution is 6.43. The highest BCUT2D eigenvalue weighted by Gasteiger charge is 2.21. The summed E-state index contributed by atoms with van der Waals surface area (Å²) >= 11 is 5.75. The lowest BCUT2D eigenvalue weighted by Crippen LogP contribution is -2.25. The van der Waals surface area contributed by atoms with Crippen molar-refractivity contribution in [3.8, 4) is 0 Å². The van der Waals surface area contributed by atoms with Crippen molar-refractivity contribution in [2.45, 2.75) is 5.88 Å². The molecule has 0 unspecified atom stereocenters.